The summed E-state index contributed by atoms with van der Waals surface area (Å²) < 4.78 is 0. The molecule has 0 aliphatic heterocycles. The summed E-state index contributed by atoms with van der Waals surface area (Å²) in [6, 6.07) is 0. The summed E-state index contributed by atoms with van der Waals surface area (Å²) in [5, 5.41) is 17.5. The Kier molecular flexibility index (Phi) is 6.10. The molecule has 4 N–H and O–H groups in total. The Labute approximate surface area is 67.4 Å². The zero-order valence-corrected chi connectivity index (χ0v) is 7.18. The van der Waals surface area contributed by atoms with Crippen LogP contribution in [0.5, 0.6) is 0 Å². The Hall–Kier alpha value is -0.560. The van der Waals surface area contributed by atoms with Crippen LogP contribution in [0.3, 0.4) is 0 Å². The standard InChI is InChI=1S/C8H14O2.H2O/c1-4-7(2)5-6-8(3,9)10;/h7,9-10H,4H2,1-3H3;1H2. The third kappa shape index (κ3) is 9.44. The van der Waals surface area contributed by atoms with Gasteiger partial charge in [0.25, 0.3) is 0 Å². The zero-order chi connectivity index (χ0) is 8.20. The van der Waals surface area contributed by atoms with Crippen molar-refractivity contribution in [2.45, 2.75) is 33.0 Å². The maximum absolute atomic E-state index is 8.74. The minimum absolute atomic E-state index is 0. The van der Waals surface area contributed by atoms with Gasteiger partial charge in [-0.15, -0.1) is 0 Å². The highest BCUT2D eigenvalue weighted by Crippen LogP contribution is 1.99. The van der Waals surface area contributed by atoms with Crippen molar-refractivity contribution in [3.8, 4) is 11.8 Å². The van der Waals surface area contributed by atoms with Crippen LogP contribution < -0.4 is 0 Å². The molecule has 0 aliphatic carbocycles. The minimum atomic E-state index is -1.83. The summed E-state index contributed by atoms with van der Waals surface area (Å²) in [5.74, 6) is 3.46. The molecule has 0 rings (SSSR count). The molecule has 1 unspecified atom stereocenters. The van der Waals surface area contributed by atoms with Gasteiger partial charge in [0, 0.05) is 12.8 Å². The lowest BCUT2D eigenvalue weighted by molar-refractivity contribution is -0.0916. The average Bonchev–Trinajstić information content (AvgIpc) is 1.81. The SMILES string of the molecule is CCC(C)C#CC(C)(O)O.O. The summed E-state index contributed by atoms with van der Waals surface area (Å²) >= 11 is 0. The largest absolute Gasteiger partial charge is 0.412 e. The monoisotopic (exact) mass is 160 g/mol. The predicted octanol–water partition coefficient (Wildman–Crippen LogP) is -0.0880. The van der Waals surface area contributed by atoms with Gasteiger partial charge >= 0.3 is 0 Å². The first kappa shape index (κ1) is 13.1. The van der Waals surface area contributed by atoms with Crippen molar-refractivity contribution in [1.82, 2.24) is 0 Å². The fraction of sp³-hybridized carbons (Fsp3) is 0.750. The Morgan fingerprint density at radius 3 is 2.18 bits per heavy atom. The van der Waals surface area contributed by atoms with Gasteiger partial charge in [0.1, 0.15) is 0 Å². The Balaban J connectivity index is 0. The van der Waals surface area contributed by atoms with Crippen LogP contribution in [0.25, 0.3) is 0 Å². The third-order valence-electron chi connectivity index (χ3n) is 1.17. The van der Waals surface area contributed by atoms with Crippen molar-refractivity contribution in [2.75, 3.05) is 0 Å². The van der Waals surface area contributed by atoms with Gasteiger partial charge < -0.3 is 15.7 Å². The van der Waals surface area contributed by atoms with Gasteiger partial charge in [0.2, 0.25) is 5.79 Å². The highest BCUT2D eigenvalue weighted by Gasteiger charge is 2.08. The predicted molar refractivity (Wildman–Crippen MR) is 43.7 cm³/mol. The molecule has 0 aromatic rings. The van der Waals surface area contributed by atoms with E-state index in [1.165, 1.54) is 6.92 Å². The van der Waals surface area contributed by atoms with E-state index in [2.05, 4.69) is 11.8 Å². The Bertz CT molecular complexity index is 147. The summed E-state index contributed by atoms with van der Waals surface area (Å²) in [4.78, 5) is 0. The van der Waals surface area contributed by atoms with E-state index in [-0.39, 0.29) is 11.4 Å². The molecule has 3 nitrogen and oxygen atoms in total. The number of aliphatic hydroxyl groups is 2. The van der Waals surface area contributed by atoms with E-state index in [0.29, 0.717) is 0 Å². The van der Waals surface area contributed by atoms with Crippen LogP contribution in [0.1, 0.15) is 27.2 Å². The normalized spacial score (nSPS) is 12.5. The van der Waals surface area contributed by atoms with Gasteiger partial charge in [-0.1, -0.05) is 19.8 Å². The molecule has 3 heteroatoms. The van der Waals surface area contributed by atoms with Crippen molar-refractivity contribution in [3.63, 3.8) is 0 Å². The topological polar surface area (TPSA) is 72.0 Å². The summed E-state index contributed by atoms with van der Waals surface area (Å²) in [5.41, 5.74) is 0. The van der Waals surface area contributed by atoms with Crippen LogP contribution in [-0.2, 0) is 0 Å². The lowest BCUT2D eigenvalue weighted by atomic mass is 10.1. The molecule has 0 aromatic heterocycles. The van der Waals surface area contributed by atoms with Crippen LogP contribution in [0, 0.1) is 17.8 Å². The van der Waals surface area contributed by atoms with Gasteiger partial charge in [-0.05, 0) is 12.3 Å². The molecule has 11 heavy (non-hydrogen) atoms. The summed E-state index contributed by atoms with van der Waals surface area (Å²) in [6.45, 7) is 5.20. The molecule has 0 bridgehead atoms. The smallest absolute Gasteiger partial charge is 0.225 e. The second kappa shape index (κ2) is 5.14. The van der Waals surface area contributed by atoms with Gasteiger partial charge in [-0.25, -0.2) is 0 Å². The van der Waals surface area contributed by atoms with Crippen molar-refractivity contribution in [2.24, 2.45) is 5.92 Å². The number of hydrogen-bond donors (Lipinski definition) is 2. The van der Waals surface area contributed by atoms with Gasteiger partial charge in [-0.2, -0.15) is 0 Å². The quantitative estimate of drug-likeness (QED) is 0.415. The number of hydrogen-bond acceptors (Lipinski definition) is 2. The number of rotatable bonds is 1. The molecule has 0 aliphatic rings. The molecular weight excluding hydrogens is 144 g/mol. The average molecular weight is 160 g/mol. The summed E-state index contributed by atoms with van der Waals surface area (Å²) in [7, 11) is 0. The highest BCUT2D eigenvalue weighted by molar-refractivity contribution is 5.08. The van der Waals surface area contributed by atoms with Gasteiger partial charge in [0.05, 0.1) is 0 Å². The van der Waals surface area contributed by atoms with E-state index in [0.717, 1.165) is 6.42 Å². The molecule has 0 radical (unpaired) electrons. The fourth-order valence-electron chi connectivity index (χ4n) is 0.362. The lowest BCUT2D eigenvalue weighted by Gasteiger charge is -2.05. The van der Waals surface area contributed by atoms with Crippen molar-refractivity contribution >= 4 is 0 Å². The molecule has 0 amide bonds. The summed E-state index contributed by atoms with van der Waals surface area (Å²) in [6.07, 6.45) is 0.934. The molecule has 0 spiro atoms. The van der Waals surface area contributed by atoms with Crippen molar-refractivity contribution in [3.05, 3.63) is 0 Å². The molecule has 0 heterocycles. The van der Waals surface area contributed by atoms with E-state index >= 15 is 0 Å². The molecule has 0 fully saturated rings. The van der Waals surface area contributed by atoms with E-state index in [1.54, 1.807) is 0 Å². The molecule has 0 saturated heterocycles. The Morgan fingerprint density at radius 1 is 1.45 bits per heavy atom. The van der Waals surface area contributed by atoms with Crippen molar-refractivity contribution in [1.29, 1.82) is 0 Å². The fourth-order valence-corrected chi connectivity index (χ4v) is 0.362. The first-order valence-corrected chi connectivity index (χ1v) is 3.43. The molecule has 66 valence electrons. The van der Waals surface area contributed by atoms with Gasteiger partial charge in [0.15, 0.2) is 0 Å². The second-order valence-corrected chi connectivity index (χ2v) is 2.60. The van der Waals surface area contributed by atoms with Gasteiger partial charge in [-0.3, -0.25) is 0 Å². The molecule has 0 saturated carbocycles. The first-order chi connectivity index (χ1) is 4.45. The maximum Gasteiger partial charge on any atom is 0.225 e. The van der Waals surface area contributed by atoms with Crippen LogP contribution in [-0.4, -0.2) is 21.5 Å². The highest BCUT2D eigenvalue weighted by atomic mass is 16.5. The zero-order valence-electron chi connectivity index (χ0n) is 7.18. The van der Waals surface area contributed by atoms with E-state index in [9.17, 15) is 0 Å². The van der Waals surface area contributed by atoms with Crippen molar-refractivity contribution < 1.29 is 15.7 Å². The first-order valence-electron chi connectivity index (χ1n) is 3.43. The maximum atomic E-state index is 8.74. The van der Waals surface area contributed by atoms with Crippen LogP contribution in [0.4, 0.5) is 0 Å². The Morgan fingerprint density at radius 2 is 1.91 bits per heavy atom. The van der Waals surface area contributed by atoms with E-state index in [1.807, 2.05) is 13.8 Å². The molecule has 1 atom stereocenters. The lowest BCUT2D eigenvalue weighted by Crippen LogP contribution is -2.19. The van der Waals surface area contributed by atoms with E-state index < -0.39 is 5.79 Å². The molecule has 0 aromatic carbocycles. The molecular formula is C8H16O3. The van der Waals surface area contributed by atoms with Crippen LogP contribution in [0.15, 0.2) is 0 Å². The van der Waals surface area contributed by atoms with Crippen LogP contribution >= 0.6 is 0 Å². The third-order valence-corrected chi connectivity index (χ3v) is 1.17. The second-order valence-electron chi connectivity index (χ2n) is 2.60. The minimum Gasteiger partial charge on any atom is -0.412 e. The van der Waals surface area contributed by atoms with E-state index in [4.69, 9.17) is 10.2 Å². The van der Waals surface area contributed by atoms with Crippen LogP contribution in [0.2, 0.25) is 0 Å².